The van der Waals surface area contributed by atoms with Crippen molar-refractivity contribution in [3.63, 3.8) is 0 Å². The molecule has 2 unspecified atom stereocenters. The lowest BCUT2D eigenvalue weighted by atomic mass is 10.1. The summed E-state index contributed by atoms with van der Waals surface area (Å²) in [5.41, 5.74) is 1.90. The Balaban J connectivity index is 1.50. The van der Waals surface area contributed by atoms with Crippen LogP contribution in [0.5, 0.6) is 5.75 Å². The summed E-state index contributed by atoms with van der Waals surface area (Å²) < 4.78 is 16.6. The molecule has 1 saturated heterocycles. The number of ether oxygens (including phenoxy) is 3. The maximum Gasteiger partial charge on any atom is 0.308 e. The van der Waals surface area contributed by atoms with Crippen LogP contribution in [0.4, 0.5) is 0 Å². The number of carbonyl (C=O) groups is 1. The van der Waals surface area contributed by atoms with E-state index in [4.69, 9.17) is 14.2 Å². The Morgan fingerprint density at radius 2 is 1.93 bits per heavy atom. The minimum absolute atomic E-state index is 0.0630. The van der Waals surface area contributed by atoms with Crippen LogP contribution in [-0.2, 0) is 20.7 Å². The summed E-state index contributed by atoms with van der Waals surface area (Å²) in [4.78, 5) is 19.9. The molecule has 0 spiro atoms. The summed E-state index contributed by atoms with van der Waals surface area (Å²) in [5.74, 6) is 0.999. The van der Waals surface area contributed by atoms with Crippen LogP contribution in [-0.4, -0.2) is 34.9 Å². The first-order valence-electron chi connectivity index (χ1n) is 9.47. The van der Waals surface area contributed by atoms with Crippen LogP contribution >= 0.6 is 0 Å². The zero-order valence-electron chi connectivity index (χ0n) is 15.9. The molecule has 3 rings (SSSR count). The largest absolute Gasteiger partial charge is 0.427 e. The Kier molecular flexibility index (Phi) is 6.90. The summed E-state index contributed by atoms with van der Waals surface area (Å²) in [6.45, 7) is 4.25. The highest BCUT2D eigenvalue weighted by Crippen LogP contribution is 2.22. The van der Waals surface area contributed by atoms with Gasteiger partial charge in [-0.05, 0) is 50.3 Å². The number of nitrogens with zero attached hydrogens (tertiary/aromatic N) is 2. The van der Waals surface area contributed by atoms with Gasteiger partial charge in [-0.15, -0.1) is 0 Å². The van der Waals surface area contributed by atoms with Crippen LogP contribution < -0.4 is 4.74 Å². The maximum absolute atomic E-state index is 11.0. The van der Waals surface area contributed by atoms with E-state index >= 15 is 0 Å². The second kappa shape index (κ2) is 9.58. The minimum Gasteiger partial charge on any atom is -0.427 e. The van der Waals surface area contributed by atoms with Crippen molar-refractivity contribution in [2.24, 2.45) is 0 Å². The molecule has 144 valence electrons. The Bertz CT molecular complexity index is 725. The van der Waals surface area contributed by atoms with Crippen molar-refractivity contribution in [1.29, 1.82) is 0 Å². The van der Waals surface area contributed by atoms with Crippen molar-refractivity contribution in [3.05, 3.63) is 42.5 Å². The molecule has 27 heavy (non-hydrogen) atoms. The predicted molar refractivity (Wildman–Crippen MR) is 101 cm³/mol. The van der Waals surface area contributed by atoms with Gasteiger partial charge in [-0.3, -0.25) is 4.79 Å². The molecule has 0 aliphatic carbocycles. The van der Waals surface area contributed by atoms with Gasteiger partial charge in [-0.25, -0.2) is 9.97 Å². The number of aromatic nitrogens is 2. The van der Waals surface area contributed by atoms with Crippen molar-refractivity contribution < 1.29 is 19.0 Å². The molecular formula is C21H26N2O4. The van der Waals surface area contributed by atoms with Gasteiger partial charge in [-0.2, -0.15) is 0 Å². The SMILES string of the molecule is CC(=O)Oc1ccc(-c2cnc(CCC(C)OC3CCCCO3)nc2)cc1. The van der Waals surface area contributed by atoms with E-state index in [1.165, 1.54) is 13.3 Å². The summed E-state index contributed by atoms with van der Waals surface area (Å²) in [6, 6.07) is 7.29. The smallest absolute Gasteiger partial charge is 0.308 e. The summed E-state index contributed by atoms with van der Waals surface area (Å²) in [7, 11) is 0. The molecule has 0 saturated carbocycles. The fourth-order valence-electron chi connectivity index (χ4n) is 2.99. The number of hydrogen-bond donors (Lipinski definition) is 0. The lowest BCUT2D eigenvalue weighted by molar-refractivity contribution is -0.185. The van der Waals surface area contributed by atoms with E-state index in [2.05, 4.69) is 16.9 Å². The highest BCUT2D eigenvalue weighted by molar-refractivity contribution is 5.70. The molecule has 2 aromatic rings. The molecule has 0 N–H and O–H groups in total. The van der Waals surface area contributed by atoms with Crippen molar-refractivity contribution in [1.82, 2.24) is 9.97 Å². The highest BCUT2D eigenvalue weighted by atomic mass is 16.7. The Morgan fingerprint density at radius 1 is 1.19 bits per heavy atom. The quantitative estimate of drug-likeness (QED) is 0.543. The standard InChI is InChI=1S/C21H26N2O4/c1-15(26-21-5-3-4-12-25-21)6-11-20-22-13-18(14-23-20)17-7-9-19(10-8-17)27-16(2)24/h7-10,13-15,21H,3-6,11-12H2,1-2H3. The summed E-state index contributed by atoms with van der Waals surface area (Å²) >= 11 is 0. The van der Waals surface area contributed by atoms with Crippen LogP contribution in [0.15, 0.2) is 36.7 Å². The van der Waals surface area contributed by atoms with Gasteiger partial charge in [0.2, 0.25) is 0 Å². The number of benzene rings is 1. The third-order valence-corrected chi connectivity index (χ3v) is 4.45. The lowest BCUT2D eigenvalue weighted by Gasteiger charge is -2.25. The molecule has 2 atom stereocenters. The number of aryl methyl sites for hydroxylation is 1. The second-order valence-corrected chi connectivity index (χ2v) is 6.79. The third kappa shape index (κ3) is 6.12. The molecule has 0 radical (unpaired) electrons. The van der Waals surface area contributed by atoms with E-state index in [1.807, 2.05) is 24.5 Å². The fourth-order valence-corrected chi connectivity index (χ4v) is 2.99. The minimum atomic E-state index is -0.330. The third-order valence-electron chi connectivity index (χ3n) is 4.45. The number of hydrogen-bond acceptors (Lipinski definition) is 6. The van der Waals surface area contributed by atoms with Crippen LogP contribution in [0.1, 0.15) is 45.4 Å². The van der Waals surface area contributed by atoms with Gasteiger partial charge in [0.1, 0.15) is 11.6 Å². The highest BCUT2D eigenvalue weighted by Gasteiger charge is 2.17. The van der Waals surface area contributed by atoms with Crippen molar-refractivity contribution >= 4 is 5.97 Å². The molecule has 0 amide bonds. The molecule has 1 aromatic carbocycles. The Labute approximate surface area is 159 Å². The van der Waals surface area contributed by atoms with E-state index in [1.54, 1.807) is 12.1 Å². The first-order valence-corrected chi connectivity index (χ1v) is 9.47. The molecule has 0 bridgehead atoms. The van der Waals surface area contributed by atoms with Gasteiger partial charge in [0.25, 0.3) is 0 Å². The molecule has 1 aliphatic heterocycles. The fraction of sp³-hybridized carbons (Fsp3) is 0.476. The van der Waals surface area contributed by atoms with E-state index < -0.39 is 0 Å². The molecule has 1 fully saturated rings. The van der Waals surface area contributed by atoms with E-state index in [0.717, 1.165) is 49.2 Å². The lowest BCUT2D eigenvalue weighted by Crippen LogP contribution is -2.26. The van der Waals surface area contributed by atoms with E-state index in [0.29, 0.717) is 5.75 Å². The second-order valence-electron chi connectivity index (χ2n) is 6.79. The molecule has 2 heterocycles. The molecule has 1 aromatic heterocycles. The van der Waals surface area contributed by atoms with Gasteiger partial charge in [0.15, 0.2) is 6.29 Å². The number of esters is 1. The van der Waals surface area contributed by atoms with E-state index in [9.17, 15) is 4.79 Å². The Hall–Kier alpha value is -2.31. The maximum atomic E-state index is 11.0. The first kappa shape index (κ1) is 19.5. The molecular weight excluding hydrogens is 344 g/mol. The van der Waals surface area contributed by atoms with Crippen molar-refractivity contribution in [2.45, 2.75) is 58.3 Å². The van der Waals surface area contributed by atoms with Crippen LogP contribution in [0, 0.1) is 0 Å². The van der Waals surface area contributed by atoms with Crippen molar-refractivity contribution in [3.8, 4) is 16.9 Å². The van der Waals surface area contributed by atoms with Crippen molar-refractivity contribution in [2.75, 3.05) is 6.61 Å². The van der Waals surface area contributed by atoms with Crippen LogP contribution in [0.25, 0.3) is 11.1 Å². The van der Waals surface area contributed by atoms with Gasteiger partial charge < -0.3 is 14.2 Å². The predicted octanol–water partition coefficient (Wildman–Crippen LogP) is 3.93. The molecule has 1 aliphatic rings. The topological polar surface area (TPSA) is 70.5 Å². The van der Waals surface area contributed by atoms with Gasteiger partial charge in [0.05, 0.1) is 6.10 Å². The van der Waals surface area contributed by atoms with Gasteiger partial charge >= 0.3 is 5.97 Å². The Morgan fingerprint density at radius 3 is 2.56 bits per heavy atom. The monoisotopic (exact) mass is 370 g/mol. The zero-order valence-corrected chi connectivity index (χ0v) is 15.9. The van der Waals surface area contributed by atoms with Crippen LogP contribution in [0.2, 0.25) is 0 Å². The normalized spacial score (nSPS) is 18.1. The van der Waals surface area contributed by atoms with Crippen LogP contribution in [0.3, 0.4) is 0 Å². The average Bonchev–Trinajstić information content (AvgIpc) is 2.68. The van der Waals surface area contributed by atoms with Gasteiger partial charge in [0, 0.05) is 37.9 Å². The number of carbonyl (C=O) groups excluding carboxylic acids is 1. The average molecular weight is 370 g/mol. The van der Waals surface area contributed by atoms with E-state index in [-0.39, 0.29) is 18.4 Å². The zero-order chi connectivity index (χ0) is 19.1. The first-order chi connectivity index (χ1) is 13.1. The summed E-state index contributed by atoms with van der Waals surface area (Å²) in [5, 5.41) is 0. The summed E-state index contributed by atoms with van der Waals surface area (Å²) in [6.07, 6.45) is 8.58. The van der Waals surface area contributed by atoms with Gasteiger partial charge in [-0.1, -0.05) is 12.1 Å². The number of rotatable bonds is 7. The molecule has 6 nitrogen and oxygen atoms in total. The molecule has 6 heteroatoms.